The summed E-state index contributed by atoms with van der Waals surface area (Å²) in [5.41, 5.74) is 0.907. The van der Waals surface area contributed by atoms with E-state index < -0.39 is 7.73 Å². The Morgan fingerprint density at radius 2 is 2.06 bits per heavy atom. The van der Waals surface area contributed by atoms with Gasteiger partial charge in [-0.2, -0.15) is 0 Å². The second kappa shape index (κ2) is 5.86. The van der Waals surface area contributed by atoms with E-state index in [4.69, 9.17) is 20.3 Å². The fourth-order valence-corrected chi connectivity index (χ4v) is 2.67. The van der Waals surface area contributed by atoms with E-state index in [1.54, 1.807) is 0 Å². The van der Waals surface area contributed by atoms with Gasteiger partial charge in [0.1, 0.15) is 5.75 Å². The number of rotatable bonds is 5. The molecule has 2 nitrogen and oxygen atoms in total. The van der Waals surface area contributed by atoms with Crippen LogP contribution in [-0.2, 0) is 4.52 Å². The molecule has 16 heavy (non-hydrogen) atoms. The van der Waals surface area contributed by atoms with E-state index in [9.17, 15) is 0 Å². The SMILES string of the molecule is CCC(C)(C)OP(Cl)Oc1cccc(C)c1. The van der Waals surface area contributed by atoms with E-state index in [0.717, 1.165) is 17.7 Å². The van der Waals surface area contributed by atoms with E-state index in [0.29, 0.717) is 0 Å². The van der Waals surface area contributed by atoms with Crippen molar-refractivity contribution >= 4 is 19.0 Å². The number of halogens is 1. The molecule has 0 amide bonds. The van der Waals surface area contributed by atoms with Gasteiger partial charge in [0.05, 0.1) is 5.60 Å². The molecule has 1 unspecified atom stereocenters. The summed E-state index contributed by atoms with van der Waals surface area (Å²) in [5.74, 6) is 0.757. The van der Waals surface area contributed by atoms with E-state index in [1.165, 1.54) is 0 Å². The number of benzene rings is 1. The Bertz CT molecular complexity index is 342. The first kappa shape index (κ1) is 13.8. The van der Waals surface area contributed by atoms with Gasteiger partial charge in [0.15, 0.2) is 0 Å². The van der Waals surface area contributed by atoms with Crippen molar-refractivity contribution in [1.82, 2.24) is 0 Å². The molecule has 0 aliphatic heterocycles. The van der Waals surface area contributed by atoms with Crippen LogP contribution >= 0.6 is 19.0 Å². The third kappa shape index (κ3) is 4.69. The molecule has 0 bridgehead atoms. The van der Waals surface area contributed by atoms with Crippen molar-refractivity contribution in [1.29, 1.82) is 0 Å². The molecule has 0 heterocycles. The summed E-state index contributed by atoms with van der Waals surface area (Å²) in [6.07, 6.45) is 0.899. The highest BCUT2D eigenvalue weighted by Gasteiger charge is 2.22. The zero-order valence-electron chi connectivity index (χ0n) is 10.2. The topological polar surface area (TPSA) is 18.5 Å². The molecule has 0 saturated heterocycles. The summed E-state index contributed by atoms with van der Waals surface area (Å²) < 4.78 is 11.2. The quantitative estimate of drug-likeness (QED) is 0.690. The van der Waals surface area contributed by atoms with Gasteiger partial charge in [-0.3, -0.25) is 0 Å². The lowest BCUT2D eigenvalue weighted by Gasteiger charge is -2.25. The minimum Gasteiger partial charge on any atom is -0.436 e. The van der Waals surface area contributed by atoms with Gasteiger partial charge >= 0.3 is 7.73 Å². The average Bonchev–Trinajstić information content (AvgIpc) is 2.16. The smallest absolute Gasteiger partial charge is 0.338 e. The van der Waals surface area contributed by atoms with E-state index >= 15 is 0 Å². The molecule has 0 spiro atoms. The maximum atomic E-state index is 6.05. The van der Waals surface area contributed by atoms with Crippen LogP contribution in [0, 0.1) is 6.92 Å². The second-order valence-corrected chi connectivity index (χ2v) is 5.94. The van der Waals surface area contributed by atoms with E-state index in [1.807, 2.05) is 45.0 Å². The van der Waals surface area contributed by atoms with Crippen LogP contribution in [0.3, 0.4) is 0 Å². The molecule has 90 valence electrons. The zero-order chi connectivity index (χ0) is 12.2. The van der Waals surface area contributed by atoms with Gasteiger partial charge in [-0.15, -0.1) is 0 Å². The average molecular weight is 261 g/mol. The van der Waals surface area contributed by atoms with Crippen molar-refractivity contribution in [2.45, 2.75) is 39.7 Å². The molecule has 0 fully saturated rings. The molecule has 0 aliphatic carbocycles. The van der Waals surface area contributed by atoms with Crippen LogP contribution in [0.4, 0.5) is 0 Å². The van der Waals surface area contributed by atoms with Crippen LogP contribution in [0.2, 0.25) is 0 Å². The molecule has 1 atom stereocenters. The normalized spacial score (nSPS) is 13.6. The molecular weight excluding hydrogens is 243 g/mol. The Morgan fingerprint density at radius 1 is 1.38 bits per heavy atom. The van der Waals surface area contributed by atoms with Crippen LogP contribution in [0.15, 0.2) is 24.3 Å². The molecule has 4 heteroatoms. The first-order chi connectivity index (χ1) is 7.43. The molecular formula is C12H18ClO2P. The fourth-order valence-electron chi connectivity index (χ4n) is 1.03. The molecule has 1 rings (SSSR count). The highest BCUT2D eigenvalue weighted by molar-refractivity contribution is 7.76. The molecule has 0 radical (unpaired) electrons. The first-order valence-corrected chi connectivity index (χ1v) is 7.41. The molecule has 0 saturated carbocycles. The van der Waals surface area contributed by atoms with Crippen LogP contribution in [0.1, 0.15) is 32.8 Å². The second-order valence-electron chi connectivity index (χ2n) is 4.32. The lowest BCUT2D eigenvalue weighted by atomic mass is 10.1. The molecule has 1 aromatic carbocycles. The third-order valence-electron chi connectivity index (χ3n) is 2.34. The zero-order valence-corrected chi connectivity index (χ0v) is 11.8. The van der Waals surface area contributed by atoms with Gasteiger partial charge < -0.3 is 9.05 Å². The van der Waals surface area contributed by atoms with Gasteiger partial charge in [-0.1, -0.05) is 19.1 Å². The third-order valence-corrected chi connectivity index (χ3v) is 3.74. The monoisotopic (exact) mass is 260 g/mol. The van der Waals surface area contributed by atoms with Crippen molar-refractivity contribution in [3.05, 3.63) is 29.8 Å². The van der Waals surface area contributed by atoms with Crippen LogP contribution in [-0.4, -0.2) is 5.60 Å². The van der Waals surface area contributed by atoms with Gasteiger partial charge in [-0.25, -0.2) is 0 Å². The van der Waals surface area contributed by atoms with Crippen LogP contribution in [0.25, 0.3) is 0 Å². The van der Waals surface area contributed by atoms with Gasteiger partial charge in [-0.05, 0) is 56.1 Å². The van der Waals surface area contributed by atoms with Crippen LogP contribution < -0.4 is 4.52 Å². The summed E-state index contributed by atoms with van der Waals surface area (Å²) in [4.78, 5) is 0. The Labute approximate surface area is 104 Å². The summed E-state index contributed by atoms with van der Waals surface area (Å²) >= 11 is 6.05. The Balaban J connectivity index is 2.55. The van der Waals surface area contributed by atoms with Crippen molar-refractivity contribution in [3.63, 3.8) is 0 Å². The van der Waals surface area contributed by atoms with Crippen LogP contribution in [0.5, 0.6) is 5.75 Å². The van der Waals surface area contributed by atoms with E-state index in [-0.39, 0.29) is 5.60 Å². The standard InChI is InChI=1S/C12H18ClO2P/c1-5-12(3,4)15-16(13)14-11-8-6-7-10(2)9-11/h6-9H,5H2,1-4H3. The summed E-state index contributed by atoms with van der Waals surface area (Å²) in [5, 5.41) is 0. The van der Waals surface area contributed by atoms with Gasteiger partial charge in [0.25, 0.3) is 0 Å². The summed E-state index contributed by atoms with van der Waals surface area (Å²) in [6, 6.07) is 7.78. The minimum absolute atomic E-state index is 0.239. The maximum Gasteiger partial charge on any atom is 0.338 e. The van der Waals surface area contributed by atoms with Crippen molar-refractivity contribution < 1.29 is 9.05 Å². The predicted molar refractivity (Wildman–Crippen MR) is 70.0 cm³/mol. The number of aryl methyl sites for hydroxylation is 1. The van der Waals surface area contributed by atoms with Crippen molar-refractivity contribution in [2.75, 3.05) is 0 Å². The van der Waals surface area contributed by atoms with E-state index in [2.05, 4.69) is 6.92 Å². The lowest BCUT2D eigenvalue weighted by molar-refractivity contribution is 0.114. The summed E-state index contributed by atoms with van der Waals surface area (Å²) in [6.45, 7) is 8.08. The van der Waals surface area contributed by atoms with Crippen molar-refractivity contribution in [3.8, 4) is 5.75 Å². The highest BCUT2D eigenvalue weighted by Crippen LogP contribution is 2.48. The Morgan fingerprint density at radius 3 is 2.62 bits per heavy atom. The van der Waals surface area contributed by atoms with Gasteiger partial charge in [0.2, 0.25) is 0 Å². The number of hydrogen-bond donors (Lipinski definition) is 0. The van der Waals surface area contributed by atoms with Gasteiger partial charge in [0, 0.05) is 0 Å². The minimum atomic E-state index is -1.39. The molecule has 1 aromatic rings. The largest absolute Gasteiger partial charge is 0.436 e. The molecule has 0 N–H and O–H groups in total. The Hall–Kier alpha value is -0.300. The molecule has 0 aliphatic rings. The molecule has 0 aromatic heterocycles. The maximum absolute atomic E-state index is 6.05. The number of hydrogen-bond acceptors (Lipinski definition) is 2. The van der Waals surface area contributed by atoms with Crippen molar-refractivity contribution in [2.24, 2.45) is 0 Å². The predicted octanol–water partition coefficient (Wildman–Crippen LogP) is 5.04. The first-order valence-electron chi connectivity index (χ1n) is 5.32. The lowest BCUT2D eigenvalue weighted by Crippen LogP contribution is -2.20. The highest BCUT2D eigenvalue weighted by atomic mass is 35.7. The fraction of sp³-hybridized carbons (Fsp3) is 0.500. The summed E-state index contributed by atoms with van der Waals surface area (Å²) in [7, 11) is -1.39. The Kier molecular flexibility index (Phi) is 5.04.